The lowest BCUT2D eigenvalue weighted by atomic mass is 9.89. The first-order chi connectivity index (χ1) is 16.7. The molecule has 0 heterocycles. The molecular formula is C28H32N2O5. The van der Waals surface area contributed by atoms with Gasteiger partial charge >= 0.3 is 12.1 Å². The Morgan fingerprint density at radius 2 is 1.43 bits per heavy atom. The molecule has 0 aliphatic heterocycles. The first-order valence-electron chi connectivity index (χ1n) is 12.4. The predicted octanol–water partition coefficient (Wildman–Crippen LogP) is 4.45. The van der Waals surface area contributed by atoms with Gasteiger partial charge in [0, 0.05) is 12.3 Å². The Hall–Kier alpha value is -3.35. The summed E-state index contributed by atoms with van der Waals surface area (Å²) in [4.78, 5) is 37.6. The van der Waals surface area contributed by atoms with Crippen molar-refractivity contribution in [1.82, 2.24) is 10.6 Å². The predicted molar refractivity (Wildman–Crippen MR) is 131 cm³/mol. The number of ether oxygens (including phenoxy) is 1. The van der Waals surface area contributed by atoms with E-state index in [1.165, 1.54) is 0 Å². The molecule has 2 amide bonds. The number of amides is 2. The SMILES string of the molecule is CC(CC(=O)NC(C)(C(=O)O)C1CC1)(NC(=O)OCC1c2ccccc2-c2ccccc21)C1CC1. The summed E-state index contributed by atoms with van der Waals surface area (Å²) in [5, 5.41) is 15.3. The highest BCUT2D eigenvalue weighted by molar-refractivity contribution is 5.88. The number of hydrogen-bond acceptors (Lipinski definition) is 4. The molecule has 2 fully saturated rings. The van der Waals surface area contributed by atoms with Crippen molar-refractivity contribution in [2.75, 3.05) is 6.61 Å². The van der Waals surface area contributed by atoms with Crippen LogP contribution in [0.2, 0.25) is 0 Å². The molecule has 7 nitrogen and oxygen atoms in total. The van der Waals surface area contributed by atoms with Crippen LogP contribution in [0.25, 0.3) is 11.1 Å². The zero-order valence-electron chi connectivity index (χ0n) is 20.2. The lowest BCUT2D eigenvalue weighted by molar-refractivity contribution is -0.148. The van der Waals surface area contributed by atoms with Gasteiger partial charge in [-0.1, -0.05) is 48.5 Å². The number of benzene rings is 2. The third-order valence-corrected chi connectivity index (χ3v) is 7.97. The van der Waals surface area contributed by atoms with Gasteiger partial charge in [0.1, 0.15) is 12.1 Å². The van der Waals surface area contributed by atoms with Crippen LogP contribution in [0.15, 0.2) is 48.5 Å². The lowest BCUT2D eigenvalue weighted by Crippen LogP contribution is -2.57. The zero-order valence-corrected chi connectivity index (χ0v) is 20.2. The van der Waals surface area contributed by atoms with Crippen LogP contribution < -0.4 is 10.6 Å². The topological polar surface area (TPSA) is 105 Å². The molecule has 3 aliphatic rings. The van der Waals surface area contributed by atoms with Crippen molar-refractivity contribution >= 4 is 18.0 Å². The molecule has 7 heteroatoms. The van der Waals surface area contributed by atoms with Crippen molar-refractivity contribution < 1.29 is 24.2 Å². The molecule has 2 unspecified atom stereocenters. The highest BCUT2D eigenvalue weighted by Crippen LogP contribution is 2.45. The fourth-order valence-electron chi connectivity index (χ4n) is 5.54. The maximum absolute atomic E-state index is 12.9. The summed E-state index contributed by atoms with van der Waals surface area (Å²) >= 11 is 0. The lowest BCUT2D eigenvalue weighted by Gasteiger charge is -2.33. The average Bonchev–Trinajstić information content (AvgIpc) is 3.72. The van der Waals surface area contributed by atoms with Crippen molar-refractivity contribution in [1.29, 1.82) is 0 Å². The summed E-state index contributed by atoms with van der Waals surface area (Å²) in [5.41, 5.74) is 2.53. The Kier molecular flexibility index (Phi) is 5.82. The summed E-state index contributed by atoms with van der Waals surface area (Å²) in [6, 6.07) is 16.3. The van der Waals surface area contributed by atoms with Gasteiger partial charge in [0.2, 0.25) is 5.91 Å². The van der Waals surface area contributed by atoms with Crippen LogP contribution >= 0.6 is 0 Å². The number of aliphatic carboxylic acids is 1. The molecule has 3 N–H and O–H groups in total. The summed E-state index contributed by atoms with van der Waals surface area (Å²) in [6.07, 6.45) is 2.86. The van der Waals surface area contributed by atoms with E-state index >= 15 is 0 Å². The Morgan fingerprint density at radius 3 is 1.94 bits per heavy atom. The van der Waals surface area contributed by atoms with Crippen LogP contribution in [0, 0.1) is 11.8 Å². The number of alkyl carbamates (subject to hydrolysis) is 1. The smallest absolute Gasteiger partial charge is 0.407 e. The molecule has 0 aromatic heterocycles. The molecule has 0 bridgehead atoms. The number of carboxylic acid groups (broad SMARTS) is 1. The number of carboxylic acids is 1. The minimum Gasteiger partial charge on any atom is -0.480 e. The van der Waals surface area contributed by atoms with Gasteiger partial charge in [-0.3, -0.25) is 4.79 Å². The third kappa shape index (κ3) is 4.51. The molecule has 184 valence electrons. The molecule has 35 heavy (non-hydrogen) atoms. The van der Waals surface area contributed by atoms with Gasteiger partial charge in [-0.25, -0.2) is 9.59 Å². The molecule has 0 saturated heterocycles. The van der Waals surface area contributed by atoms with Crippen LogP contribution in [-0.2, 0) is 14.3 Å². The van der Waals surface area contributed by atoms with Gasteiger partial charge < -0.3 is 20.5 Å². The van der Waals surface area contributed by atoms with Crippen molar-refractivity contribution in [3.05, 3.63) is 59.7 Å². The number of carbonyl (C=O) groups is 3. The van der Waals surface area contributed by atoms with Gasteiger partial charge in [-0.15, -0.1) is 0 Å². The van der Waals surface area contributed by atoms with Crippen LogP contribution in [0.3, 0.4) is 0 Å². The highest BCUT2D eigenvalue weighted by atomic mass is 16.5. The van der Waals surface area contributed by atoms with Crippen LogP contribution in [-0.4, -0.2) is 40.8 Å². The molecule has 0 radical (unpaired) electrons. The first kappa shape index (κ1) is 23.4. The van der Waals surface area contributed by atoms with E-state index in [-0.39, 0.29) is 36.7 Å². The number of rotatable bonds is 9. The molecule has 2 aromatic rings. The number of carbonyl (C=O) groups excluding carboxylic acids is 2. The van der Waals surface area contributed by atoms with Gasteiger partial charge in [-0.05, 0) is 73.6 Å². The van der Waals surface area contributed by atoms with E-state index in [1.807, 2.05) is 31.2 Å². The summed E-state index contributed by atoms with van der Waals surface area (Å²) < 4.78 is 5.71. The largest absolute Gasteiger partial charge is 0.480 e. The first-order valence-corrected chi connectivity index (χ1v) is 12.4. The second kappa shape index (κ2) is 8.70. The van der Waals surface area contributed by atoms with E-state index in [2.05, 4.69) is 34.9 Å². The van der Waals surface area contributed by atoms with Crippen molar-refractivity contribution in [3.63, 3.8) is 0 Å². The Balaban J connectivity index is 1.24. The van der Waals surface area contributed by atoms with E-state index in [1.54, 1.807) is 6.92 Å². The van der Waals surface area contributed by atoms with E-state index in [9.17, 15) is 19.5 Å². The van der Waals surface area contributed by atoms with Crippen LogP contribution in [0.4, 0.5) is 4.79 Å². The average molecular weight is 477 g/mol. The number of fused-ring (bicyclic) bond motifs is 3. The summed E-state index contributed by atoms with van der Waals surface area (Å²) in [5.74, 6) is -1.32. The van der Waals surface area contributed by atoms with E-state index in [0.717, 1.165) is 47.9 Å². The van der Waals surface area contributed by atoms with Gasteiger partial charge in [-0.2, -0.15) is 0 Å². The van der Waals surface area contributed by atoms with Gasteiger partial charge in [0.15, 0.2) is 0 Å². The molecule has 2 atom stereocenters. The van der Waals surface area contributed by atoms with Crippen molar-refractivity contribution in [2.45, 2.75) is 62.9 Å². The minimum absolute atomic E-state index is 0.0114. The fraction of sp³-hybridized carbons (Fsp3) is 0.464. The van der Waals surface area contributed by atoms with E-state index in [4.69, 9.17) is 4.74 Å². The Morgan fingerprint density at radius 1 is 0.886 bits per heavy atom. The summed E-state index contributed by atoms with van der Waals surface area (Å²) in [7, 11) is 0. The second-order valence-electron chi connectivity index (χ2n) is 10.6. The van der Waals surface area contributed by atoms with Crippen LogP contribution in [0.5, 0.6) is 0 Å². The standard InChI is InChI=1S/C28H32N2O5/c1-27(17-11-12-17,15-24(31)29-28(2,25(32)33)18-13-14-18)30-26(34)35-16-23-21-9-5-3-7-19(21)20-8-4-6-10-22(20)23/h3-10,17-18,23H,11-16H2,1-2H3,(H,29,31)(H,30,34)(H,32,33). The molecule has 0 spiro atoms. The number of hydrogen-bond donors (Lipinski definition) is 3. The third-order valence-electron chi connectivity index (χ3n) is 7.97. The normalized spacial score (nSPS) is 20.1. The molecule has 3 aliphatic carbocycles. The van der Waals surface area contributed by atoms with Crippen molar-refractivity contribution in [2.24, 2.45) is 11.8 Å². The number of nitrogens with one attached hydrogen (secondary N) is 2. The second-order valence-corrected chi connectivity index (χ2v) is 10.6. The van der Waals surface area contributed by atoms with E-state index < -0.39 is 23.1 Å². The maximum atomic E-state index is 12.9. The summed E-state index contributed by atoms with van der Waals surface area (Å²) in [6.45, 7) is 3.62. The van der Waals surface area contributed by atoms with Gasteiger partial charge in [0.05, 0.1) is 5.54 Å². The Labute approximate surface area is 205 Å². The molecule has 2 aromatic carbocycles. The molecular weight excluding hydrogens is 444 g/mol. The monoisotopic (exact) mass is 476 g/mol. The molecule has 5 rings (SSSR count). The van der Waals surface area contributed by atoms with Crippen LogP contribution in [0.1, 0.15) is 63.0 Å². The molecule has 2 saturated carbocycles. The van der Waals surface area contributed by atoms with Gasteiger partial charge in [0.25, 0.3) is 0 Å². The quantitative estimate of drug-likeness (QED) is 0.496. The highest BCUT2D eigenvalue weighted by Gasteiger charge is 2.50. The van der Waals surface area contributed by atoms with Crippen molar-refractivity contribution in [3.8, 4) is 11.1 Å². The minimum atomic E-state index is -1.27. The Bertz CT molecular complexity index is 1130. The van der Waals surface area contributed by atoms with E-state index in [0.29, 0.717) is 0 Å². The fourth-order valence-corrected chi connectivity index (χ4v) is 5.54. The maximum Gasteiger partial charge on any atom is 0.407 e. The zero-order chi connectivity index (χ0) is 24.8.